The van der Waals surface area contributed by atoms with Gasteiger partial charge in [0.25, 0.3) is 5.91 Å². The quantitative estimate of drug-likeness (QED) is 0.503. The van der Waals surface area contributed by atoms with Crippen LogP contribution in [0.3, 0.4) is 0 Å². The Hall–Kier alpha value is -3.75. The second kappa shape index (κ2) is 12.8. The van der Waals surface area contributed by atoms with E-state index < -0.39 is 11.9 Å². The largest absolute Gasteiger partial charge is 0.493 e. The highest BCUT2D eigenvalue weighted by Crippen LogP contribution is 2.38. The van der Waals surface area contributed by atoms with Crippen LogP contribution in [-0.2, 0) is 20.7 Å². The maximum Gasteiger partial charge on any atom is 0.310 e. The van der Waals surface area contributed by atoms with Crippen molar-refractivity contribution in [2.45, 2.75) is 32.2 Å². The van der Waals surface area contributed by atoms with Crippen LogP contribution in [0, 0.1) is 5.92 Å². The van der Waals surface area contributed by atoms with Crippen LogP contribution in [-0.4, -0.2) is 69.8 Å². The number of carbonyl (C=O) groups is 3. The van der Waals surface area contributed by atoms with Gasteiger partial charge in [-0.3, -0.25) is 14.4 Å². The monoisotopic (exact) mass is 498 g/mol. The number of rotatable bonds is 10. The van der Waals surface area contributed by atoms with E-state index in [1.165, 1.54) is 21.3 Å². The first-order valence-corrected chi connectivity index (χ1v) is 12.0. The molecule has 0 spiro atoms. The van der Waals surface area contributed by atoms with E-state index in [0.717, 1.165) is 5.56 Å². The average molecular weight is 499 g/mol. The van der Waals surface area contributed by atoms with Crippen molar-refractivity contribution < 1.29 is 33.3 Å². The van der Waals surface area contributed by atoms with Gasteiger partial charge in [0.1, 0.15) is 6.04 Å². The summed E-state index contributed by atoms with van der Waals surface area (Å²) in [6, 6.07) is 11.7. The fraction of sp³-hybridized carbons (Fsp3) is 0.444. The van der Waals surface area contributed by atoms with Gasteiger partial charge < -0.3 is 29.2 Å². The molecule has 3 rings (SSSR count). The Bertz CT molecular complexity index is 1030. The van der Waals surface area contributed by atoms with Crippen LogP contribution < -0.4 is 19.5 Å². The molecule has 0 bridgehead atoms. The maximum atomic E-state index is 13.6. The first kappa shape index (κ1) is 26.8. The summed E-state index contributed by atoms with van der Waals surface area (Å²) in [7, 11) is 4.42. The molecule has 2 aromatic rings. The van der Waals surface area contributed by atoms with Crippen LogP contribution in [0.2, 0.25) is 0 Å². The van der Waals surface area contributed by atoms with Gasteiger partial charge in [-0.05, 0) is 37.5 Å². The van der Waals surface area contributed by atoms with E-state index in [9.17, 15) is 14.4 Å². The number of carbonyl (C=O) groups excluding carboxylic acids is 3. The number of amides is 2. The van der Waals surface area contributed by atoms with Crippen LogP contribution in [0.25, 0.3) is 0 Å². The highest BCUT2D eigenvalue weighted by molar-refractivity contribution is 5.98. The van der Waals surface area contributed by atoms with Gasteiger partial charge in [-0.1, -0.05) is 30.3 Å². The summed E-state index contributed by atoms with van der Waals surface area (Å²) in [5.41, 5.74) is 1.17. The molecule has 1 aliphatic heterocycles. The van der Waals surface area contributed by atoms with Crippen LogP contribution in [0.4, 0.5) is 0 Å². The molecule has 2 unspecified atom stereocenters. The van der Waals surface area contributed by atoms with Gasteiger partial charge in [-0.15, -0.1) is 0 Å². The molecular formula is C27H34N2O7. The second-order valence-corrected chi connectivity index (χ2v) is 8.51. The van der Waals surface area contributed by atoms with Gasteiger partial charge >= 0.3 is 5.97 Å². The Morgan fingerprint density at radius 3 is 2.28 bits per heavy atom. The average Bonchev–Trinajstić information content (AvgIpc) is 2.92. The first-order valence-electron chi connectivity index (χ1n) is 12.0. The van der Waals surface area contributed by atoms with Crippen LogP contribution in [0.15, 0.2) is 42.5 Å². The lowest BCUT2D eigenvalue weighted by atomic mass is 9.96. The summed E-state index contributed by atoms with van der Waals surface area (Å²) >= 11 is 0. The van der Waals surface area contributed by atoms with Crippen molar-refractivity contribution in [2.75, 3.05) is 41.0 Å². The lowest BCUT2D eigenvalue weighted by molar-refractivity contribution is -0.151. The minimum absolute atomic E-state index is 0.242. The zero-order chi connectivity index (χ0) is 26.1. The minimum atomic E-state index is -0.833. The van der Waals surface area contributed by atoms with Crippen molar-refractivity contribution in [3.05, 3.63) is 53.6 Å². The third-order valence-electron chi connectivity index (χ3n) is 6.17. The Morgan fingerprint density at radius 2 is 1.69 bits per heavy atom. The van der Waals surface area contributed by atoms with E-state index in [4.69, 9.17) is 18.9 Å². The number of nitrogens with zero attached hydrogens (tertiary/aromatic N) is 1. The summed E-state index contributed by atoms with van der Waals surface area (Å²) in [5.74, 6) is -0.327. The van der Waals surface area contributed by atoms with Gasteiger partial charge in [0, 0.05) is 25.1 Å². The predicted molar refractivity (Wildman–Crippen MR) is 133 cm³/mol. The Morgan fingerprint density at radius 1 is 1.03 bits per heavy atom. The molecule has 0 radical (unpaired) electrons. The van der Waals surface area contributed by atoms with Gasteiger partial charge in [0.2, 0.25) is 11.7 Å². The van der Waals surface area contributed by atoms with Gasteiger partial charge in [-0.2, -0.15) is 0 Å². The number of hydrogen-bond donors (Lipinski definition) is 1. The molecular weight excluding hydrogens is 464 g/mol. The molecule has 9 heteroatoms. The highest BCUT2D eigenvalue weighted by Gasteiger charge is 2.33. The molecule has 1 fully saturated rings. The molecule has 0 aromatic heterocycles. The molecule has 2 aromatic carbocycles. The van der Waals surface area contributed by atoms with E-state index in [0.29, 0.717) is 49.7 Å². The van der Waals surface area contributed by atoms with Crippen LogP contribution in [0.1, 0.15) is 35.7 Å². The predicted octanol–water partition coefficient (Wildman–Crippen LogP) is 2.86. The molecule has 1 saturated heterocycles. The lowest BCUT2D eigenvalue weighted by Crippen LogP contribution is -2.53. The topological polar surface area (TPSA) is 103 Å². The number of esters is 1. The normalized spacial score (nSPS) is 16.0. The zero-order valence-electron chi connectivity index (χ0n) is 21.2. The van der Waals surface area contributed by atoms with Gasteiger partial charge in [-0.25, -0.2) is 0 Å². The van der Waals surface area contributed by atoms with Crippen molar-refractivity contribution in [3.8, 4) is 17.2 Å². The summed E-state index contributed by atoms with van der Waals surface area (Å²) in [6.45, 7) is 2.84. The van der Waals surface area contributed by atoms with E-state index in [-0.39, 0.29) is 29.9 Å². The van der Waals surface area contributed by atoms with Crippen molar-refractivity contribution in [1.82, 2.24) is 10.2 Å². The number of nitrogens with one attached hydrogen (secondary N) is 1. The molecule has 194 valence electrons. The van der Waals surface area contributed by atoms with E-state index >= 15 is 0 Å². The smallest absolute Gasteiger partial charge is 0.310 e. The van der Waals surface area contributed by atoms with Crippen molar-refractivity contribution >= 4 is 17.8 Å². The molecule has 0 saturated carbocycles. The number of piperidine rings is 1. The van der Waals surface area contributed by atoms with Crippen LogP contribution >= 0.6 is 0 Å². The summed E-state index contributed by atoms with van der Waals surface area (Å²) in [6.07, 6.45) is 1.66. The SMILES string of the molecule is CCOC(=O)C1CCCN(C(=O)C(Cc2ccccc2)NC(=O)c2cc(OC)c(OC)c(OC)c2)C1. The number of ether oxygens (including phenoxy) is 4. The zero-order valence-corrected chi connectivity index (χ0v) is 21.2. The Labute approximate surface area is 211 Å². The fourth-order valence-electron chi connectivity index (χ4n) is 4.35. The molecule has 36 heavy (non-hydrogen) atoms. The Balaban J connectivity index is 1.85. The van der Waals surface area contributed by atoms with E-state index in [1.807, 2.05) is 30.3 Å². The highest BCUT2D eigenvalue weighted by atomic mass is 16.5. The number of benzene rings is 2. The number of hydrogen-bond acceptors (Lipinski definition) is 7. The summed E-state index contributed by atoms with van der Waals surface area (Å²) in [4.78, 5) is 40.9. The standard InChI is InChI=1S/C27H34N2O7/c1-5-36-27(32)19-12-9-13-29(17-19)26(31)21(14-18-10-7-6-8-11-18)28-25(30)20-15-22(33-2)24(35-4)23(16-20)34-3/h6-8,10-11,15-16,19,21H,5,9,12-14,17H2,1-4H3,(H,28,30). The lowest BCUT2D eigenvalue weighted by Gasteiger charge is -2.34. The van der Waals surface area contributed by atoms with Gasteiger partial charge in [0.05, 0.1) is 33.9 Å². The maximum absolute atomic E-state index is 13.6. The first-order chi connectivity index (χ1) is 17.4. The van der Waals surface area contributed by atoms with E-state index in [1.54, 1.807) is 24.0 Å². The third-order valence-corrected chi connectivity index (χ3v) is 6.17. The molecule has 0 aliphatic carbocycles. The van der Waals surface area contributed by atoms with Crippen LogP contribution in [0.5, 0.6) is 17.2 Å². The third kappa shape index (κ3) is 6.47. The minimum Gasteiger partial charge on any atom is -0.493 e. The Kier molecular flexibility index (Phi) is 9.55. The molecule has 1 heterocycles. The molecule has 1 aliphatic rings. The second-order valence-electron chi connectivity index (χ2n) is 8.51. The van der Waals surface area contributed by atoms with Crippen molar-refractivity contribution in [2.24, 2.45) is 5.92 Å². The number of methoxy groups -OCH3 is 3. The summed E-state index contributed by atoms with van der Waals surface area (Å²) in [5, 5.41) is 2.89. The van der Waals surface area contributed by atoms with E-state index in [2.05, 4.69) is 5.32 Å². The summed E-state index contributed by atoms with van der Waals surface area (Å²) < 4.78 is 21.2. The van der Waals surface area contributed by atoms with Gasteiger partial charge in [0.15, 0.2) is 11.5 Å². The van der Waals surface area contributed by atoms with Crippen molar-refractivity contribution in [3.63, 3.8) is 0 Å². The molecule has 1 N–H and O–H groups in total. The fourth-order valence-corrected chi connectivity index (χ4v) is 4.35. The molecule has 2 amide bonds. The number of likely N-dealkylation sites (tertiary alicyclic amines) is 1. The molecule has 2 atom stereocenters. The van der Waals surface area contributed by atoms with Crippen molar-refractivity contribution in [1.29, 1.82) is 0 Å². The molecule has 9 nitrogen and oxygen atoms in total.